The first kappa shape index (κ1) is 18.2. The lowest BCUT2D eigenvalue weighted by Gasteiger charge is -2.10. The summed E-state index contributed by atoms with van der Waals surface area (Å²) in [6.45, 7) is -0.853. The standard InChI is InChI=1S/C10H8BrClF3NO4S/c11-7-4-5(3-6(8(7)12)9(17)18)21(19,20)16-2-1-10(13,14)15/h3-4,16H,1-2H2,(H,17,18). The Labute approximate surface area is 131 Å². The Hall–Kier alpha value is -0.840. The third kappa shape index (κ3) is 5.13. The first-order valence-electron chi connectivity index (χ1n) is 5.23. The Morgan fingerprint density at radius 3 is 2.43 bits per heavy atom. The summed E-state index contributed by atoms with van der Waals surface area (Å²) in [5, 5.41) is 8.68. The molecule has 0 heterocycles. The molecule has 0 spiro atoms. The molecule has 21 heavy (non-hydrogen) atoms. The summed E-state index contributed by atoms with van der Waals surface area (Å²) >= 11 is 8.57. The first-order chi connectivity index (χ1) is 9.44. The molecule has 0 bridgehead atoms. The molecule has 0 aliphatic rings. The van der Waals surface area contributed by atoms with Crippen LogP contribution in [-0.2, 0) is 10.0 Å². The summed E-state index contributed by atoms with van der Waals surface area (Å²) in [6, 6.07) is 1.77. The molecule has 0 amide bonds. The maximum absolute atomic E-state index is 12.0. The van der Waals surface area contributed by atoms with Crippen molar-refractivity contribution in [3.05, 3.63) is 27.2 Å². The van der Waals surface area contributed by atoms with Gasteiger partial charge in [0.1, 0.15) is 0 Å². The lowest BCUT2D eigenvalue weighted by molar-refractivity contribution is -0.132. The molecule has 0 atom stereocenters. The summed E-state index contributed by atoms with van der Waals surface area (Å²) in [6.07, 6.45) is -5.85. The Balaban J connectivity index is 3.07. The van der Waals surface area contributed by atoms with Gasteiger partial charge in [-0.3, -0.25) is 0 Å². The molecular formula is C10H8BrClF3NO4S. The number of benzene rings is 1. The highest BCUT2D eigenvalue weighted by Gasteiger charge is 2.28. The van der Waals surface area contributed by atoms with Gasteiger partial charge in [-0.15, -0.1) is 0 Å². The van der Waals surface area contributed by atoms with Gasteiger partial charge in [0.15, 0.2) is 0 Å². The highest BCUT2D eigenvalue weighted by atomic mass is 79.9. The average Bonchev–Trinajstić information content (AvgIpc) is 2.29. The van der Waals surface area contributed by atoms with Crippen LogP contribution in [0.4, 0.5) is 13.2 Å². The van der Waals surface area contributed by atoms with Crippen molar-refractivity contribution >= 4 is 43.5 Å². The van der Waals surface area contributed by atoms with Gasteiger partial charge in [-0.05, 0) is 28.1 Å². The van der Waals surface area contributed by atoms with E-state index in [1.54, 1.807) is 4.72 Å². The van der Waals surface area contributed by atoms with E-state index in [2.05, 4.69) is 15.9 Å². The molecule has 1 aromatic rings. The molecule has 5 nitrogen and oxygen atoms in total. The van der Waals surface area contributed by atoms with E-state index in [1.165, 1.54) is 0 Å². The van der Waals surface area contributed by atoms with Crippen molar-refractivity contribution in [2.24, 2.45) is 0 Å². The molecule has 1 aromatic carbocycles. The number of alkyl halides is 3. The van der Waals surface area contributed by atoms with E-state index in [0.29, 0.717) is 0 Å². The molecule has 0 aromatic heterocycles. The zero-order valence-corrected chi connectivity index (χ0v) is 13.2. The number of hydrogen-bond acceptors (Lipinski definition) is 3. The topological polar surface area (TPSA) is 83.5 Å². The summed E-state index contributed by atoms with van der Waals surface area (Å²) in [7, 11) is -4.28. The number of halogens is 5. The number of carboxylic acid groups (broad SMARTS) is 1. The molecule has 118 valence electrons. The van der Waals surface area contributed by atoms with Crippen LogP contribution in [0.1, 0.15) is 16.8 Å². The van der Waals surface area contributed by atoms with Crippen molar-refractivity contribution < 1.29 is 31.5 Å². The number of sulfonamides is 1. The largest absolute Gasteiger partial charge is 0.478 e. The van der Waals surface area contributed by atoms with E-state index >= 15 is 0 Å². The second-order valence-corrected chi connectivity index (χ2v) is 6.83. The van der Waals surface area contributed by atoms with E-state index in [4.69, 9.17) is 16.7 Å². The minimum absolute atomic E-state index is 0.000244. The van der Waals surface area contributed by atoms with Crippen molar-refractivity contribution in [2.75, 3.05) is 6.54 Å². The maximum atomic E-state index is 12.0. The van der Waals surface area contributed by atoms with Gasteiger partial charge >= 0.3 is 12.1 Å². The van der Waals surface area contributed by atoms with Crippen LogP contribution in [0, 0.1) is 0 Å². The number of carbonyl (C=O) groups is 1. The molecule has 0 fully saturated rings. The van der Waals surface area contributed by atoms with Crippen LogP contribution in [0.3, 0.4) is 0 Å². The van der Waals surface area contributed by atoms with Gasteiger partial charge in [0.25, 0.3) is 0 Å². The van der Waals surface area contributed by atoms with Crippen LogP contribution >= 0.6 is 27.5 Å². The Bertz CT molecular complexity index is 663. The minimum atomic E-state index is -4.50. The van der Waals surface area contributed by atoms with Crippen LogP contribution in [0.25, 0.3) is 0 Å². The van der Waals surface area contributed by atoms with E-state index in [1.807, 2.05) is 0 Å². The number of nitrogens with one attached hydrogen (secondary N) is 1. The van der Waals surface area contributed by atoms with Gasteiger partial charge in [-0.1, -0.05) is 11.6 Å². The predicted molar refractivity (Wildman–Crippen MR) is 72.0 cm³/mol. The van der Waals surface area contributed by atoms with Crippen LogP contribution in [0.2, 0.25) is 5.02 Å². The van der Waals surface area contributed by atoms with Crippen LogP contribution < -0.4 is 4.72 Å². The fraction of sp³-hybridized carbons (Fsp3) is 0.300. The van der Waals surface area contributed by atoms with E-state index < -0.39 is 45.6 Å². The second-order valence-electron chi connectivity index (χ2n) is 3.83. The SMILES string of the molecule is O=C(O)c1cc(S(=O)(=O)NCCC(F)(F)F)cc(Br)c1Cl. The summed E-state index contributed by atoms with van der Waals surface area (Å²) in [4.78, 5) is 10.4. The molecule has 0 saturated carbocycles. The lowest BCUT2D eigenvalue weighted by atomic mass is 10.2. The molecule has 1 rings (SSSR count). The van der Waals surface area contributed by atoms with Crippen molar-refractivity contribution in [1.82, 2.24) is 4.72 Å². The Morgan fingerprint density at radius 2 is 1.95 bits per heavy atom. The molecule has 0 radical (unpaired) electrons. The fourth-order valence-electron chi connectivity index (χ4n) is 1.29. The highest BCUT2D eigenvalue weighted by Crippen LogP contribution is 2.30. The van der Waals surface area contributed by atoms with Crippen LogP contribution in [-0.4, -0.2) is 32.2 Å². The molecular weight excluding hydrogens is 403 g/mol. The maximum Gasteiger partial charge on any atom is 0.390 e. The van der Waals surface area contributed by atoms with Gasteiger partial charge in [0.05, 0.1) is 21.9 Å². The lowest BCUT2D eigenvalue weighted by Crippen LogP contribution is -2.28. The fourth-order valence-corrected chi connectivity index (χ4v) is 3.17. The number of carboxylic acids is 1. The minimum Gasteiger partial charge on any atom is -0.478 e. The second kappa shape index (κ2) is 6.51. The van der Waals surface area contributed by atoms with Crippen molar-refractivity contribution in [3.8, 4) is 0 Å². The monoisotopic (exact) mass is 409 g/mol. The molecule has 11 heteroatoms. The van der Waals surface area contributed by atoms with E-state index in [-0.39, 0.29) is 9.50 Å². The smallest absolute Gasteiger partial charge is 0.390 e. The van der Waals surface area contributed by atoms with Crippen LogP contribution in [0.5, 0.6) is 0 Å². The van der Waals surface area contributed by atoms with Crippen LogP contribution in [0.15, 0.2) is 21.5 Å². The van der Waals surface area contributed by atoms with Crippen molar-refractivity contribution in [1.29, 1.82) is 0 Å². The molecule has 0 aliphatic heterocycles. The third-order valence-electron chi connectivity index (χ3n) is 2.24. The number of aromatic carboxylic acids is 1. The average molecular weight is 411 g/mol. The van der Waals surface area contributed by atoms with Gasteiger partial charge in [-0.2, -0.15) is 13.2 Å². The van der Waals surface area contributed by atoms with Crippen molar-refractivity contribution in [2.45, 2.75) is 17.5 Å². The van der Waals surface area contributed by atoms with Gasteiger partial charge in [0, 0.05) is 11.0 Å². The zero-order valence-electron chi connectivity index (χ0n) is 10.0. The molecule has 0 unspecified atom stereocenters. The number of rotatable bonds is 5. The van der Waals surface area contributed by atoms with Gasteiger partial charge < -0.3 is 5.11 Å². The summed E-state index contributed by atoms with van der Waals surface area (Å²) in [5.41, 5.74) is -0.484. The summed E-state index contributed by atoms with van der Waals surface area (Å²) in [5.74, 6) is -1.46. The van der Waals surface area contributed by atoms with E-state index in [0.717, 1.165) is 12.1 Å². The summed E-state index contributed by atoms with van der Waals surface area (Å²) < 4.78 is 61.3. The molecule has 2 N–H and O–H groups in total. The quantitative estimate of drug-likeness (QED) is 0.782. The highest BCUT2D eigenvalue weighted by molar-refractivity contribution is 9.10. The van der Waals surface area contributed by atoms with Gasteiger partial charge in [0.2, 0.25) is 10.0 Å². The first-order valence-corrected chi connectivity index (χ1v) is 7.88. The zero-order chi connectivity index (χ0) is 16.4. The van der Waals surface area contributed by atoms with E-state index in [9.17, 15) is 26.4 Å². The van der Waals surface area contributed by atoms with Gasteiger partial charge in [-0.25, -0.2) is 17.9 Å². The third-order valence-corrected chi connectivity index (χ3v) is 4.94. The molecule has 0 saturated heterocycles. The predicted octanol–water partition coefficient (Wildman–Crippen LogP) is 3.03. The normalized spacial score (nSPS) is 12.4. The Morgan fingerprint density at radius 1 is 1.38 bits per heavy atom. The van der Waals surface area contributed by atoms with Crippen molar-refractivity contribution in [3.63, 3.8) is 0 Å². The molecule has 0 aliphatic carbocycles. The number of hydrogen-bond donors (Lipinski definition) is 2. The Kier molecular flexibility index (Phi) is 5.64.